The number of phenolic OH excluding ortho intramolecular Hbond substituents is 1. The fourth-order valence-electron chi connectivity index (χ4n) is 1.71. The summed E-state index contributed by atoms with van der Waals surface area (Å²) in [5.74, 6) is 0.864. The van der Waals surface area contributed by atoms with Gasteiger partial charge in [-0.2, -0.15) is 0 Å². The van der Waals surface area contributed by atoms with Crippen molar-refractivity contribution in [3.8, 4) is 5.75 Å². The molecule has 0 aliphatic heterocycles. The molecule has 0 fully saturated rings. The van der Waals surface area contributed by atoms with Crippen LogP contribution in [0.5, 0.6) is 5.75 Å². The van der Waals surface area contributed by atoms with Crippen LogP contribution >= 0.6 is 0 Å². The third-order valence-corrected chi connectivity index (χ3v) is 2.86. The molecule has 0 saturated heterocycles. The first-order valence-corrected chi connectivity index (χ1v) is 6.23. The van der Waals surface area contributed by atoms with Gasteiger partial charge in [-0.25, -0.2) is 0 Å². The van der Waals surface area contributed by atoms with Crippen LogP contribution in [0.1, 0.15) is 11.6 Å². The highest BCUT2D eigenvalue weighted by molar-refractivity contribution is 5.34. The van der Waals surface area contributed by atoms with Crippen molar-refractivity contribution < 1.29 is 14.6 Å². The van der Waals surface area contributed by atoms with Crippen molar-refractivity contribution in [1.82, 2.24) is 0 Å². The molecule has 1 unspecified atom stereocenters. The summed E-state index contributed by atoms with van der Waals surface area (Å²) >= 11 is 0. The van der Waals surface area contributed by atoms with Gasteiger partial charge < -0.3 is 20.3 Å². The van der Waals surface area contributed by atoms with Crippen LogP contribution in [0.15, 0.2) is 60.4 Å². The topological polar surface area (TPSA) is 64.7 Å². The third-order valence-electron chi connectivity index (χ3n) is 2.86. The van der Waals surface area contributed by atoms with Crippen LogP contribution in [-0.2, 0) is 9.47 Å². The number of rotatable bonds is 7. The first kappa shape index (κ1) is 16.0. The number of benzene rings is 1. The second-order valence-corrected chi connectivity index (χ2v) is 4.22. The smallest absolute Gasteiger partial charge is 0.118 e. The molecule has 0 spiro atoms. The normalized spacial score (nSPS) is 13.9. The molecule has 1 aromatic rings. The van der Waals surface area contributed by atoms with E-state index in [4.69, 9.17) is 15.2 Å². The van der Waals surface area contributed by atoms with Crippen LogP contribution in [-0.4, -0.2) is 25.9 Å². The lowest BCUT2D eigenvalue weighted by atomic mass is 9.99. The Morgan fingerprint density at radius 1 is 1.30 bits per heavy atom. The Bertz CT molecular complexity index is 489. The van der Waals surface area contributed by atoms with Crippen LogP contribution in [0, 0.1) is 0 Å². The van der Waals surface area contributed by atoms with Crippen LogP contribution in [0.25, 0.3) is 0 Å². The van der Waals surface area contributed by atoms with Crippen LogP contribution in [0.4, 0.5) is 0 Å². The van der Waals surface area contributed by atoms with Gasteiger partial charge in [0, 0.05) is 7.11 Å². The van der Waals surface area contributed by atoms with Crippen molar-refractivity contribution in [2.75, 3.05) is 20.8 Å². The summed E-state index contributed by atoms with van der Waals surface area (Å²) in [5.41, 5.74) is 8.02. The molecule has 0 saturated carbocycles. The van der Waals surface area contributed by atoms with E-state index in [1.165, 1.54) is 0 Å². The largest absolute Gasteiger partial charge is 0.508 e. The summed E-state index contributed by atoms with van der Waals surface area (Å²) in [7, 11) is 3.20. The molecular weight excluding hydrogens is 254 g/mol. The highest BCUT2D eigenvalue weighted by Gasteiger charge is 2.11. The summed E-state index contributed by atoms with van der Waals surface area (Å²) in [6, 6.07) is 6.49. The highest BCUT2D eigenvalue weighted by atomic mass is 16.5. The predicted molar refractivity (Wildman–Crippen MR) is 80.3 cm³/mol. The maximum absolute atomic E-state index is 9.30. The molecule has 1 rings (SSSR count). The first-order valence-electron chi connectivity index (χ1n) is 6.23. The molecule has 4 nitrogen and oxygen atoms in total. The maximum atomic E-state index is 9.30. The van der Waals surface area contributed by atoms with E-state index in [-0.39, 0.29) is 11.8 Å². The van der Waals surface area contributed by atoms with Crippen LogP contribution < -0.4 is 5.73 Å². The molecule has 3 N–H and O–H groups in total. The van der Waals surface area contributed by atoms with Crippen molar-refractivity contribution in [2.24, 2.45) is 5.73 Å². The number of ether oxygens (including phenoxy) is 2. The van der Waals surface area contributed by atoms with Crippen molar-refractivity contribution >= 4 is 0 Å². The van der Waals surface area contributed by atoms with E-state index >= 15 is 0 Å². The van der Waals surface area contributed by atoms with Gasteiger partial charge in [0.2, 0.25) is 0 Å². The predicted octanol–water partition coefficient (Wildman–Crippen LogP) is 2.68. The Balaban J connectivity index is 3.00. The molecule has 1 atom stereocenters. The molecule has 0 aliphatic rings. The molecule has 0 radical (unpaired) electrons. The van der Waals surface area contributed by atoms with Gasteiger partial charge in [0.25, 0.3) is 0 Å². The average molecular weight is 275 g/mol. The lowest BCUT2D eigenvalue weighted by Crippen LogP contribution is -2.16. The van der Waals surface area contributed by atoms with Crippen LogP contribution in [0.2, 0.25) is 0 Å². The summed E-state index contributed by atoms with van der Waals surface area (Å²) in [4.78, 5) is 0. The van der Waals surface area contributed by atoms with Crippen molar-refractivity contribution in [1.29, 1.82) is 0 Å². The number of hydrogen-bond acceptors (Lipinski definition) is 4. The standard InChI is InChI=1S/C16H21NO3/c1-4-15(20-3)10-7-13(11-19-2)16(17)12-5-8-14(18)9-6-12/h4-10,16,18H,1,11,17H2,2-3H3/b13-7+,15-10+. The van der Waals surface area contributed by atoms with Gasteiger partial charge in [0.05, 0.1) is 19.8 Å². The molecule has 0 amide bonds. The molecule has 0 aliphatic carbocycles. The summed E-state index contributed by atoms with van der Waals surface area (Å²) in [6.45, 7) is 4.07. The average Bonchev–Trinajstić information content (AvgIpc) is 2.47. The molecule has 0 bridgehead atoms. The van der Waals surface area contributed by atoms with Gasteiger partial charge in [-0.05, 0) is 35.4 Å². The summed E-state index contributed by atoms with van der Waals surface area (Å²) in [5, 5.41) is 9.30. The van der Waals surface area contributed by atoms with Gasteiger partial charge in [-0.3, -0.25) is 0 Å². The number of phenols is 1. The number of hydrogen-bond donors (Lipinski definition) is 2. The lowest BCUT2D eigenvalue weighted by molar-refractivity contribution is 0.220. The molecule has 108 valence electrons. The van der Waals surface area contributed by atoms with Gasteiger partial charge in [-0.1, -0.05) is 24.8 Å². The molecule has 0 aromatic heterocycles. The highest BCUT2D eigenvalue weighted by Crippen LogP contribution is 2.22. The number of nitrogens with two attached hydrogens (primary N) is 1. The quantitative estimate of drug-likeness (QED) is 0.593. The SMILES string of the molecule is C=C/C(=C\C=C(/COC)C(N)c1ccc(O)cc1)OC. The van der Waals surface area contributed by atoms with Crippen molar-refractivity contribution in [3.05, 3.63) is 66.0 Å². The molecular formula is C16H21NO3. The van der Waals surface area contributed by atoms with E-state index in [2.05, 4.69) is 6.58 Å². The van der Waals surface area contributed by atoms with Gasteiger partial charge >= 0.3 is 0 Å². The second-order valence-electron chi connectivity index (χ2n) is 4.22. The Hall–Kier alpha value is -2.04. The molecule has 0 heterocycles. The lowest BCUT2D eigenvalue weighted by Gasteiger charge is -2.16. The molecule has 1 aromatic carbocycles. The van der Waals surface area contributed by atoms with Crippen LogP contribution in [0.3, 0.4) is 0 Å². The van der Waals surface area contributed by atoms with E-state index in [0.29, 0.717) is 12.4 Å². The van der Waals surface area contributed by atoms with E-state index in [9.17, 15) is 5.11 Å². The third kappa shape index (κ3) is 4.57. The minimum absolute atomic E-state index is 0.214. The Labute approximate surface area is 119 Å². The molecule has 4 heteroatoms. The van der Waals surface area contributed by atoms with E-state index in [1.54, 1.807) is 50.6 Å². The summed E-state index contributed by atoms with van der Waals surface area (Å²) < 4.78 is 10.3. The Morgan fingerprint density at radius 2 is 1.95 bits per heavy atom. The molecule has 20 heavy (non-hydrogen) atoms. The zero-order chi connectivity index (χ0) is 15.0. The van der Waals surface area contributed by atoms with Crippen molar-refractivity contribution in [2.45, 2.75) is 6.04 Å². The minimum atomic E-state index is -0.310. The summed E-state index contributed by atoms with van der Waals surface area (Å²) in [6.07, 6.45) is 5.27. The van der Waals surface area contributed by atoms with Crippen molar-refractivity contribution in [3.63, 3.8) is 0 Å². The fourth-order valence-corrected chi connectivity index (χ4v) is 1.71. The number of methoxy groups -OCH3 is 2. The number of allylic oxidation sites excluding steroid dienone is 3. The fraction of sp³-hybridized carbons (Fsp3) is 0.250. The zero-order valence-electron chi connectivity index (χ0n) is 11.9. The number of aromatic hydroxyl groups is 1. The Morgan fingerprint density at radius 3 is 2.45 bits per heavy atom. The Kier molecular flexibility index (Phi) is 6.56. The van der Waals surface area contributed by atoms with Gasteiger partial charge in [0.15, 0.2) is 0 Å². The monoisotopic (exact) mass is 275 g/mol. The van der Waals surface area contributed by atoms with Gasteiger partial charge in [-0.15, -0.1) is 0 Å². The van der Waals surface area contributed by atoms with E-state index < -0.39 is 0 Å². The van der Waals surface area contributed by atoms with Gasteiger partial charge in [0.1, 0.15) is 11.5 Å². The zero-order valence-corrected chi connectivity index (χ0v) is 11.9. The first-order chi connectivity index (χ1) is 9.62. The van der Waals surface area contributed by atoms with E-state index in [0.717, 1.165) is 11.1 Å². The maximum Gasteiger partial charge on any atom is 0.118 e. The second kappa shape index (κ2) is 8.19. The van der Waals surface area contributed by atoms with E-state index in [1.807, 2.05) is 6.08 Å². The minimum Gasteiger partial charge on any atom is -0.508 e.